The molecule has 0 saturated carbocycles. The zero-order valence-corrected chi connectivity index (χ0v) is 12.1. The van der Waals surface area contributed by atoms with Gasteiger partial charge >= 0.3 is 0 Å². The minimum absolute atomic E-state index is 0.116. The van der Waals surface area contributed by atoms with E-state index in [4.69, 9.17) is 0 Å². The van der Waals surface area contributed by atoms with Crippen molar-refractivity contribution in [3.05, 3.63) is 58.3 Å². The first-order chi connectivity index (χ1) is 9.20. The van der Waals surface area contributed by atoms with Crippen molar-refractivity contribution in [2.45, 2.75) is 6.54 Å². The molecule has 0 bridgehead atoms. The summed E-state index contributed by atoms with van der Waals surface area (Å²) in [6, 6.07) is 9.54. The average Bonchev–Trinajstić information content (AvgIpc) is 2.46. The molecule has 4 nitrogen and oxygen atoms in total. The molecule has 0 atom stereocenters. The highest BCUT2D eigenvalue weighted by Crippen LogP contribution is 2.13. The zero-order valence-electron chi connectivity index (χ0n) is 10.5. The topological polar surface area (TPSA) is 54.0 Å². The fourth-order valence-electron chi connectivity index (χ4n) is 1.67. The van der Waals surface area contributed by atoms with Crippen molar-refractivity contribution in [2.24, 2.45) is 0 Å². The van der Waals surface area contributed by atoms with E-state index in [-0.39, 0.29) is 5.91 Å². The molecule has 0 unspecified atom stereocenters. The maximum absolute atomic E-state index is 12.1. The van der Waals surface area contributed by atoms with Gasteiger partial charge in [0.1, 0.15) is 0 Å². The Morgan fingerprint density at radius 1 is 1.26 bits per heavy atom. The number of rotatable bonds is 4. The number of anilines is 1. The molecule has 1 aromatic carbocycles. The van der Waals surface area contributed by atoms with Crippen LogP contribution in [-0.2, 0) is 6.54 Å². The van der Waals surface area contributed by atoms with Crippen LogP contribution in [0.4, 0.5) is 5.69 Å². The lowest BCUT2D eigenvalue weighted by Gasteiger charge is -2.09. The minimum Gasteiger partial charge on any atom is -0.386 e. The van der Waals surface area contributed by atoms with Gasteiger partial charge in [0.05, 0.1) is 17.4 Å². The van der Waals surface area contributed by atoms with Crippen LogP contribution in [0.1, 0.15) is 15.9 Å². The minimum atomic E-state index is -0.116. The molecule has 0 aliphatic heterocycles. The number of hydrogen-bond acceptors (Lipinski definition) is 3. The van der Waals surface area contributed by atoms with Gasteiger partial charge in [-0.1, -0.05) is 28.1 Å². The second-order valence-corrected chi connectivity index (χ2v) is 4.90. The third-order valence-electron chi connectivity index (χ3n) is 2.70. The Morgan fingerprint density at radius 2 is 2.00 bits per heavy atom. The molecule has 2 N–H and O–H groups in total. The number of nitrogens with zero attached hydrogens (tertiary/aromatic N) is 1. The van der Waals surface area contributed by atoms with E-state index < -0.39 is 0 Å². The highest BCUT2D eigenvalue weighted by Gasteiger charge is 2.09. The number of amides is 1. The Kier molecular flexibility index (Phi) is 4.52. The summed E-state index contributed by atoms with van der Waals surface area (Å²) in [5.41, 5.74) is 2.36. The summed E-state index contributed by atoms with van der Waals surface area (Å²) in [6.45, 7) is 0.498. The largest absolute Gasteiger partial charge is 0.386 e. The molecule has 1 aromatic heterocycles. The van der Waals surface area contributed by atoms with E-state index in [0.29, 0.717) is 12.1 Å². The molecule has 0 spiro atoms. The van der Waals surface area contributed by atoms with Gasteiger partial charge in [-0.15, -0.1) is 0 Å². The van der Waals surface area contributed by atoms with Crippen LogP contribution in [0.15, 0.2) is 47.2 Å². The monoisotopic (exact) mass is 319 g/mol. The van der Waals surface area contributed by atoms with Crippen molar-refractivity contribution in [3.8, 4) is 0 Å². The normalized spacial score (nSPS) is 10.0. The average molecular weight is 320 g/mol. The van der Waals surface area contributed by atoms with Gasteiger partial charge in [0.15, 0.2) is 0 Å². The Hall–Kier alpha value is -1.88. The molecule has 19 heavy (non-hydrogen) atoms. The van der Waals surface area contributed by atoms with Gasteiger partial charge in [0.25, 0.3) is 5.91 Å². The van der Waals surface area contributed by atoms with Crippen LogP contribution in [0.5, 0.6) is 0 Å². The van der Waals surface area contributed by atoms with Gasteiger partial charge in [-0.3, -0.25) is 9.78 Å². The van der Waals surface area contributed by atoms with Gasteiger partial charge < -0.3 is 10.6 Å². The van der Waals surface area contributed by atoms with E-state index in [0.717, 1.165) is 15.7 Å². The van der Waals surface area contributed by atoms with Gasteiger partial charge in [-0.05, 0) is 23.8 Å². The van der Waals surface area contributed by atoms with Gasteiger partial charge in [0, 0.05) is 24.3 Å². The van der Waals surface area contributed by atoms with Crippen LogP contribution in [0.3, 0.4) is 0 Å². The number of hydrogen-bond donors (Lipinski definition) is 2. The number of pyridine rings is 1. The maximum atomic E-state index is 12.1. The molecular weight excluding hydrogens is 306 g/mol. The number of halogens is 1. The van der Waals surface area contributed by atoms with Gasteiger partial charge in [-0.2, -0.15) is 0 Å². The molecule has 5 heteroatoms. The third-order valence-corrected chi connectivity index (χ3v) is 3.23. The first-order valence-electron chi connectivity index (χ1n) is 5.85. The molecule has 0 aliphatic rings. The Labute approximate surface area is 120 Å². The summed E-state index contributed by atoms with van der Waals surface area (Å²) in [6.07, 6.45) is 3.24. The Balaban J connectivity index is 2.03. The summed E-state index contributed by atoms with van der Waals surface area (Å²) in [5, 5.41) is 5.84. The lowest BCUT2D eigenvalue weighted by molar-refractivity contribution is 0.0951. The van der Waals surface area contributed by atoms with Crippen LogP contribution in [0.2, 0.25) is 0 Å². The third kappa shape index (κ3) is 3.54. The highest BCUT2D eigenvalue weighted by molar-refractivity contribution is 9.10. The van der Waals surface area contributed by atoms with Crippen molar-refractivity contribution in [1.82, 2.24) is 10.3 Å². The standard InChI is InChI=1S/C14H14BrN3O/c1-16-13-9-17-7-6-12(13)14(19)18-8-10-2-4-11(15)5-3-10/h2-7,9,16H,8H2,1H3,(H,18,19). The molecule has 1 heterocycles. The molecule has 98 valence electrons. The Bertz CT molecular complexity index is 569. The molecule has 0 radical (unpaired) electrons. The second kappa shape index (κ2) is 6.33. The molecule has 0 fully saturated rings. The molecule has 0 aliphatic carbocycles. The van der Waals surface area contributed by atoms with E-state index in [1.54, 1.807) is 25.5 Å². The van der Waals surface area contributed by atoms with Crippen LogP contribution in [-0.4, -0.2) is 17.9 Å². The Morgan fingerprint density at radius 3 is 2.68 bits per heavy atom. The SMILES string of the molecule is CNc1cnccc1C(=O)NCc1ccc(Br)cc1. The summed E-state index contributed by atoms with van der Waals surface area (Å²) < 4.78 is 1.02. The van der Waals surface area contributed by atoms with E-state index >= 15 is 0 Å². The fourth-order valence-corrected chi connectivity index (χ4v) is 1.94. The van der Waals surface area contributed by atoms with Gasteiger partial charge in [0.2, 0.25) is 0 Å². The van der Waals surface area contributed by atoms with Gasteiger partial charge in [-0.25, -0.2) is 0 Å². The quantitative estimate of drug-likeness (QED) is 0.911. The van der Waals surface area contributed by atoms with Crippen LogP contribution in [0.25, 0.3) is 0 Å². The van der Waals surface area contributed by atoms with Crippen molar-refractivity contribution >= 4 is 27.5 Å². The van der Waals surface area contributed by atoms with Crippen LogP contribution >= 0.6 is 15.9 Å². The predicted octanol–water partition coefficient (Wildman–Crippen LogP) is 2.82. The number of benzene rings is 1. The van der Waals surface area contributed by atoms with Crippen molar-refractivity contribution < 1.29 is 4.79 Å². The fraction of sp³-hybridized carbons (Fsp3) is 0.143. The van der Waals surface area contributed by atoms with E-state index in [1.165, 1.54) is 0 Å². The number of carbonyl (C=O) groups is 1. The number of carbonyl (C=O) groups excluding carboxylic acids is 1. The van der Waals surface area contributed by atoms with E-state index in [2.05, 4.69) is 31.5 Å². The summed E-state index contributed by atoms with van der Waals surface area (Å²) in [7, 11) is 1.77. The first kappa shape index (κ1) is 13.5. The lowest BCUT2D eigenvalue weighted by atomic mass is 10.2. The molecule has 2 rings (SSSR count). The van der Waals surface area contributed by atoms with E-state index in [9.17, 15) is 4.79 Å². The smallest absolute Gasteiger partial charge is 0.253 e. The summed E-state index contributed by atoms with van der Waals surface area (Å²) in [4.78, 5) is 16.1. The predicted molar refractivity (Wildman–Crippen MR) is 79.1 cm³/mol. The highest BCUT2D eigenvalue weighted by atomic mass is 79.9. The maximum Gasteiger partial charge on any atom is 0.253 e. The van der Waals surface area contributed by atoms with Crippen LogP contribution < -0.4 is 10.6 Å². The van der Waals surface area contributed by atoms with Crippen molar-refractivity contribution in [1.29, 1.82) is 0 Å². The number of aromatic nitrogens is 1. The molecule has 0 saturated heterocycles. The summed E-state index contributed by atoms with van der Waals surface area (Å²) in [5.74, 6) is -0.116. The molecule has 2 aromatic rings. The molecular formula is C14H14BrN3O. The van der Waals surface area contributed by atoms with Crippen LogP contribution in [0, 0.1) is 0 Å². The number of nitrogens with one attached hydrogen (secondary N) is 2. The zero-order chi connectivity index (χ0) is 13.7. The second-order valence-electron chi connectivity index (χ2n) is 3.98. The lowest BCUT2D eigenvalue weighted by Crippen LogP contribution is -2.23. The van der Waals surface area contributed by atoms with E-state index in [1.807, 2.05) is 24.3 Å². The van der Waals surface area contributed by atoms with Crippen molar-refractivity contribution in [2.75, 3.05) is 12.4 Å². The molecule has 1 amide bonds. The first-order valence-corrected chi connectivity index (χ1v) is 6.64. The summed E-state index contributed by atoms with van der Waals surface area (Å²) >= 11 is 3.38. The van der Waals surface area contributed by atoms with Crippen molar-refractivity contribution in [3.63, 3.8) is 0 Å².